The number of benzene rings is 1. The fourth-order valence-electron chi connectivity index (χ4n) is 2.86. The lowest BCUT2D eigenvalue weighted by Gasteiger charge is -2.18. The predicted octanol–water partition coefficient (Wildman–Crippen LogP) is 2.19. The van der Waals surface area contributed by atoms with Gasteiger partial charge in [-0.25, -0.2) is 4.39 Å². The van der Waals surface area contributed by atoms with Gasteiger partial charge in [0.25, 0.3) is 5.91 Å². The topological polar surface area (TPSA) is 32.3 Å². The summed E-state index contributed by atoms with van der Waals surface area (Å²) in [4.78, 5) is 14.0. The van der Waals surface area contributed by atoms with Crippen LogP contribution in [0.5, 0.6) is 0 Å². The molecule has 19 heavy (non-hydrogen) atoms. The van der Waals surface area contributed by atoms with E-state index < -0.39 is 5.82 Å². The molecule has 2 heterocycles. The lowest BCUT2D eigenvalue weighted by atomic mass is 10.0. The first-order chi connectivity index (χ1) is 8.66. The van der Waals surface area contributed by atoms with Crippen molar-refractivity contribution in [3.8, 4) is 0 Å². The van der Waals surface area contributed by atoms with Crippen LogP contribution in [0.25, 0.3) is 0 Å². The van der Waals surface area contributed by atoms with E-state index in [2.05, 4.69) is 5.32 Å². The molecule has 3 rings (SSSR count). The zero-order valence-corrected chi connectivity index (χ0v) is 11.8. The molecule has 2 atom stereocenters. The minimum atomic E-state index is -0.612. The minimum Gasteiger partial charge on any atom is -0.338 e. The highest BCUT2D eigenvalue weighted by Crippen LogP contribution is 2.28. The number of carbonyl (C=O) groups excluding carboxylic acids is 1. The third kappa shape index (κ3) is 2.57. The van der Waals surface area contributed by atoms with E-state index in [1.165, 1.54) is 12.1 Å². The molecule has 104 valence electrons. The van der Waals surface area contributed by atoms with Gasteiger partial charge in [-0.05, 0) is 24.0 Å². The molecular formula is C13H15Cl2FN2O. The summed E-state index contributed by atoms with van der Waals surface area (Å²) in [5.74, 6) is 0.163. The van der Waals surface area contributed by atoms with Crippen LogP contribution in [-0.2, 0) is 0 Å². The molecular weight excluding hydrogens is 290 g/mol. The number of halogens is 3. The molecule has 2 saturated heterocycles. The van der Waals surface area contributed by atoms with E-state index in [0.29, 0.717) is 24.9 Å². The predicted molar refractivity (Wildman–Crippen MR) is 74.4 cm³/mol. The summed E-state index contributed by atoms with van der Waals surface area (Å²) in [6.45, 7) is 3.32. The van der Waals surface area contributed by atoms with Crippen LogP contribution in [0, 0.1) is 17.7 Å². The molecule has 0 aromatic heterocycles. The molecule has 2 aliphatic rings. The molecule has 2 aliphatic heterocycles. The van der Waals surface area contributed by atoms with E-state index in [9.17, 15) is 9.18 Å². The maximum Gasteiger partial charge on any atom is 0.256 e. The Hall–Kier alpha value is -0.840. The van der Waals surface area contributed by atoms with Gasteiger partial charge in [0, 0.05) is 26.2 Å². The van der Waals surface area contributed by atoms with E-state index in [4.69, 9.17) is 11.6 Å². The van der Waals surface area contributed by atoms with Crippen LogP contribution < -0.4 is 5.32 Å². The Morgan fingerprint density at radius 2 is 1.95 bits per heavy atom. The number of carbonyl (C=O) groups is 1. The first kappa shape index (κ1) is 14.6. The lowest BCUT2D eigenvalue weighted by molar-refractivity contribution is 0.0777. The zero-order valence-electron chi connectivity index (χ0n) is 10.2. The van der Waals surface area contributed by atoms with Crippen LogP contribution in [0.15, 0.2) is 18.2 Å². The molecule has 0 spiro atoms. The summed E-state index contributed by atoms with van der Waals surface area (Å²) < 4.78 is 13.8. The Labute approximate surface area is 122 Å². The molecule has 3 nitrogen and oxygen atoms in total. The van der Waals surface area contributed by atoms with Gasteiger partial charge in [-0.15, -0.1) is 12.4 Å². The van der Waals surface area contributed by atoms with Gasteiger partial charge in [-0.2, -0.15) is 0 Å². The van der Waals surface area contributed by atoms with Gasteiger partial charge in [-0.1, -0.05) is 17.7 Å². The molecule has 0 aliphatic carbocycles. The molecule has 1 aromatic carbocycles. The Balaban J connectivity index is 0.00000133. The molecule has 6 heteroatoms. The van der Waals surface area contributed by atoms with Crippen LogP contribution >= 0.6 is 24.0 Å². The third-order valence-corrected chi connectivity index (χ3v) is 4.15. The normalized spacial score (nSPS) is 25.1. The number of likely N-dealkylation sites (tertiary alicyclic amines) is 1. The Kier molecular flexibility index (Phi) is 4.33. The number of nitrogens with zero attached hydrogens (tertiary/aromatic N) is 1. The number of fused-ring (bicyclic) bond motifs is 1. The highest BCUT2D eigenvalue weighted by Gasteiger charge is 2.38. The highest BCUT2D eigenvalue weighted by atomic mass is 35.5. The van der Waals surface area contributed by atoms with E-state index in [1.807, 2.05) is 0 Å². The van der Waals surface area contributed by atoms with Crippen LogP contribution in [0.2, 0.25) is 5.02 Å². The Morgan fingerprint density at radius 1 is 1.32 bits per heavy atom. The molecule has 0 saturated carbocycles. The number of nitrogens with one attached hydrogen (secondary N) is 1. The average Bonchev–Trinajstić information content (AvgIpc) is 2.92. The van der Waals surface area contributed by atoms with Crippen LogP contribution in [0.1, 0.15) is 10.4 Å². The molecule has 0 unspecified atom stereocenters. The number of hydrogen-bond acceptors (Lipinski definition) is 2. The van der Waals surface area contributed by atoms with Crippen molar-refractivity contribution in [2.24, 2.45) is 11.8 Å². The van der Waals surface area contributed by atoms with Gasteiger partial charge in [0.15, 0.2) is 5.82 Å². The first-order valence-corrected chi connectivity index (χ1v) is 6.48. The largest absolute Gasteiger partial charge is 0.338 e. The summed E-state index contributed by atoms with van der Waals surface area (Å²) in [7, 11) is 0. The van der Waals surface area contributed by atoms with Gasteiger partial charge in [-0.3, -0.25) is 4.79 Å². The van der Waals surface area contributed by atoms with E-state index >= 15 is 0 Å². The number of amides is 1. The van der Waals surface area contributed by atoms with Crippen molar-refractivity contribution >= 4 is 29.9 Å². The molecule has 1 amide bonds. The lowest BCUT2D eigenvalue weighted by Crippen LogP contribution is -2.32. The van der Waals surface area contributed by atoms with Gasteiger partial charge in [0.1, 0.15) is 0 Å². The summed E-state index contributed by atoms with van der Waals surface area (Å²) >= 11 is 5.70. The van der Waals surface area contributed by atoms with Crippen molar-refractivity contribution in [1.82, 2.24) is 10.2 Å². The quantitative estimate of drug-likeness (QED) is 0.862. The second-order valence-corrected chi connectivity index (χ2v) is 5.40. The Bertz CT molecular complexity index is 486. The van der Waals surface area contributed by atoms with Crippen molar-refractivity contribution in [1.29, 1.82) is 0 Å². The summed E-state index contributed by atoms with van der Waals surface area (Å²) in [5.41, 5.74) is 0.0791. The fraction of sp³-hybridized carbons (Fsp3) is 0.462. The SMILES string of the molecule is Cl.O=C(c1cccc(Cl)c1F)N1C[C@H]2CNC[C@H]2C1. The van der Waals surface area contributed by atoms with E-state index in [1.54, 1.807) is 11.0 Å². The summed E-state index contributed by atoms with van der Waals surface area (Å²) in [6.07, 6.45) is 0. The smallest absolute Gasteiger partial charge is 0.256 e. The molecule has 0 bridgehead atoms. The Morgan fingerprint density at radius 3 is 2.58 bits per heavy atom. The summed E-state index contributed by atoms with van der Waals surface area (Å²) in [6, 6.07) is 4.56. The van der Waals surface area contributed by atoms with Crippen LogP contribution in [0.4, 0.5) is 4.39 Å². The second-order valence-electron chi connectivity index (χ2n) is 4.99. The van der Waals surface area contributed by atoms with E-state index in [0.717, 1.165) is 13.1 Å². The average molecular weight is 305 g/mol. The molecule has 1 N–H and O–H groups in total. The molecule has 1 aromatic rings. The standard InChI is InChI=1S/C13H14ClFN2O.ClH/c14-11-3-1-2-10(12(11)15)13(18)17-6-8-4-16-5-9(8)7-17;/h1-3,8-9,16H,4-7H2;1H/t8-,9+;. The monoisotopic (exact) mass is 304 g/mol. The maximum absolute atomic E-state index is 13.8. The fourth-order valence-corrected chi connectivity index (χ4v) is 3.04. The van der Waals surface area contributed by atoms with Gasteiger partial charge in [0.05, 0.1) is 10.6 Å². The van der Waals surface area contributed by atoms with Crippen molar-refractivity contribution in [3.05, 3.63) is 34.6 Å². The maximum atomic E-state index is 13.8. The van der Waals surface area contributed by atoms with Gasteiger partial charge < -0.3 is 10.2 Å². The van der Waals surface area contributed by atoms with Crippen LogP contribution in [0.3, 0.4) is 0 Å². The second kappa shape index (κ2) is 5.65. The molecule has 2 fully saturated rings. The van der Waals surface area contributed by atoms with Crippen molar-refractivity contribution in [2.75, 3.05) is 26.2 Å². The van der Waals surface area contributed by atoms with E-state index in [-0.39, 0.29) is 28.9 Å². The molecule has 0 radical (unpaired) electrons. The van der Waals surface area contributed by atoms with Gasteiger partial charge in [0.2, 0.25) is 0 Å². The zero-order chi connectivity index (χ0) is 12.7. The van der Waals surface area contributed by atoms with Crippen molar-refractivity contribution < 1.29 is 9.18 Å². The number of rotatable bonds is 1. The van der Waals surface area contributed by atoms with Gasteiger partial charge >= 0.3 is 0 Å². The number of hydrogen-bond donors (Lipinski definition) is 1. The third-order valence-electron chi connectivity index (χ3n) is 3.86. The van der Waals surface area contributed by atoms with Crippen LogP contribution in [-0.4, -0.2) is 37.0 Å². The summed E-state index contributed by atoms with van der Waals surface area (Å²) in [5, 5.41) is 3.31. The highest BCUT2D eigenvalue weighted by molar-refractivity contribution is 6.31. The van der Waals surface area contributed by atoms with Crippen molar-refractivity contribution in [3.63, 3.8) is 0 Å². The first-order valence-electron chi connectivity index (χ1n) is 6.11. The van der Waals surface area contributed by atoms with Crippen molar-refractivity contribution in [2.45, 2.75) is 0 Å². The minimum absolute atomic E-state index is 0.